The van der Waals surface area contributed by atoms with E-state index >= 15 is 0 Å². The molecule has 5 rings (SSSR count). The van der Waals surface area contributed by atoms with Gasteiger partial charge in [-0.15, -0.1) is 0 Å². The molecule has 7 nitrogen and oxygen atoms in total. The number of aromatic nitrogens is 6. The summed E-state index contributed by atoms with van der Waals surface area (Å²) >= 11 is 0. The molecule has 1 saturated heterocycles. The van der Waals surface area contributed by atoms with E-state index in [-0.39, 0.29) is 5.41 Å². The van der Waals surface area contributed by atoms with Gasteiger partial charge in [0.05, 0.1) is 18.3 Å². The monoisotopic (exact) mass is 429 g/mol. The zero-order chi connectivity index (χ0) is 22.5. The van der Waals surface area contributed by atoms with Crippen LogP contribution in [-0.4, -0.2) is 42.6 Å². The van der Waals surface area contributed by atoms with E-state index in [1.807, 2.05) is 24.1 Å². The van der Waals surface area contributed by atoms with Crippen LogP contribution in [0.25, 0.3) is 11.2 Å². The molecule has 1 fully saturated rings. The van der Waals surface area contributed by atoms with E-state index in [9.17, 15) is 0 Å². The van der Waals surface area contributed by atoms with Gasteiger partial charge in [-0.2, -0.15) is 4.98 Å². The lowest BCUT2D eigenvalue weighted by Gasteiger charge is -2.21. The first-order valence-corrected chi connectivity index (χ1v) is 11.3. The first kappa shape index (κ1) is 20.7. The SMILES string of the molecule is Cc1ccc(C(C)(C)C)cc1Cc1nc(N2CCC(c3cnc[nH]3)C2)nc2ncn(C)c12. The predicted molar refractivity (Wildman–Crippen MR) is 127 cm³/mol. The minimum absolute atomic E-state index is 0.109. The Morgan fingerprint density at radius 2 is 2.03 bits per heavy atom. The summed E-state index contributed by atoms with van der Waals surface area (Å²) < 4.78 is 2.04. The van der Waals surface area contributed by atoms with Crippen molar-refractivity contribution >= 4 is 17.1 Å². The Balaban J connectivity index is 1.52. The van der Waals surface area contributed by atoms with Crippen molar-refractivity contribution in [1.29, 1.82) is 0 Å². The maximum Gasteiger partial charge on any atom is 0.227 e. The van der Waals surface area contributed by atoms with E-state index in [0.29, 0.717) is 5.92 Å². The summed E-state index contributed by atoms with van der Waals surface area (Å²) in [4.78, 5) is 24.2. The third-order valence-corrected chi connectivity index (χ3v) is 6.64. The van der Waals surface area contributed by atoms with Crippen LogP contribution < -0.4 is 4.90 Å². The normalized spacial score (nSPS) is 16.9. The van der Waals surface area contributed by atoms with Crippen LogP contribution >= 0.6 is 0 Å². The highest BCUT2D eigenvalue weighted by molar-refractivity contribution is 5.75. The largest absolute Gasteiger partial charge is 0.348 e. The Kier molecular flexibility index (Phi) is 4.99. The number of benzene rings is 1. The van der Waals surface area contributed by atoms with Gasteiger partial charge in [-0.05, 0) is 35.4 Å². The van der Waals surface area contributed by atoms with Gasteiger partial charge in [0.15, 0.2) is 5.65 Å². The summed E-state index contributed by atoms with van der Waals surface area (Å²) in [5, 5.41) is 0. The average molecular weight is 430 g/mol. The lowest BCUT2D eigenvalue weighted by molar-refractivity contribution is 0.589. The summed E-state index contributed by atoms with van der Waals surface area (Å²) in [7, 11) is 2.02. The first-order valence-electron chi connectivity index (χ1n) is 11.3. The molecule has 166 valence electrons. The Hall–Kier alpha value is -3.22. The summed E-state index contributed by atoms with van der Waals surface area (Å²) in [6.07, 6.45) is 7.34. The molecular formula is C25H31N7. The predicted octanol–water partition coefficient (Wildman–Crippen LogP) is 4.28. The number of hydrogen-bond donors (Lipinski definition) is 1. The quantitative estimate of drug-likeness (QED) is 0.524. The zero-order valence-corrected chi connectivity index (χ0v) is 19.6. The van der Waals surface area contributed by atoms with Crippen LogP contribution in [0, 0.1) is 6.92 Å². The molecule has 1 N–H and O–H groups in total. The van der Waals surface area contributed by atoms with E-state index in [2.05, 4.69) is 65.7 Å². The molecule has 0 radical (unpaired) electrons. The van der Waals surface area contributed by atoms with Crippen molar-refractivity contribution < 1.29 is 0 Å². The fraction of sp³-hybridized carbons (Fsp3) is 0.440. The maximum atomic E-state index is 5.09. The third kappa shape index (κ3) is 3.76. The van der Waals surface area contributed by atoms with Crippen LogP contribution in [0.5, 0.6) is 0 Å². The lowest BCUT2D eigenvalue weighted by atomic mass is 9.84. The van der Waals surface area contributed by atoms with Gasteiger partial charge >= 0.3 is 0 Å². The number of hydrogen-bond acceptors (Lipinski definition) is 5. The minimum Gasteiger partial charge on any atom is -0.348 e. The topological polar surface area (TPSA) is 75.5 Å². The van der Waals surface area contributed by atoms with Crippen molar-refractivity contribution in [2.24, 2.45) is 7.05 Å². The van der Waals surface area contributed by atoms with Gasteiger partial charge in [-0.1, -0.05) is 39.0 Å². The minimum atomic E-state index is 0.109. The van der Waals surface area contributed by atoms with E-state index < -0.39 is 0 Å². The molecule has 7 heteroatoms. The van der Waals surface area contributed by atoms with Crippen molar-refractivity contribution in [3.63, 3.8) is 0 Å². The number of nitrogens with zero attached hydrogens (tertiary/aromatic N) is 6. The molecule has 4 aromatic rings. The van der Waals surface area contributed by atoms with E-state index in [4.69, 9.17) is 9.97 Å². The number of aryl methyl sites for hydroxylation is 2. The molecule has 0 saturated carbocycles. The molecule has 1 aliphatic rings. The van der Waals surface area contributed by atoms with Crippen molar-refractivity contribution in [2.45, 2.75) is 51.9 Å². The molecule has 1 aromatic carbocycles. The molecule has 32 heavy (non-hydrogen) atoms. The van der Waals surface area contributed by atoms with Gasteiger partial charge in [0.1, 0.15) is 5.52 Å². The van der Waals surface area contributed by atoms with E-state index in [0.717, 1.165) is 48.7 Å². The molecule has 0 spiro atoms. The molecule has 0 aliphatic carbocycles. The van der Waals surface area contributed by atoms with Crippen molar-refractivity contribution in [2.75, 3.05) is 18.0 Å². The smallest absolute Gasteiger partial charge is 0.227 e. The van der Waals surface area contributed by atoms with Crippen LogP contribution in [0.1, 0.15) is 61.2 Å². The Morgan fingerprint density at radius 1 is 1.19 bits per heavy atom. The zero-order valence-electron chi connectivity index (χ0n) is 19.6. The number of anilines is 1. The fourth-order valence-corrected chi connectivity index (χ4v) is 4.58. The number of nitrogens with one attached hydrogen (secondary N) is 1. The van der Waals surface area contributed by atoms with Crippen LogP contribution in [0.2, 0.25) is 0 Å². The highest BCUT2D eigenvalue weighted by Crippen LogP contribution is 2.31. The lowest BCUT2D eigenvalue weighted by Crippen LogP contribution is -2.22. The van der Waals surface area contributed by atoms with Crippen molar-refractivity contribution in [3.05, 3.63) is 65.1 Å². The molecule has 4 heterocycles. The molecule has 0 amide bonds. The molecule has 3 aromatic heterocycles. The third-order valence-electron chi connectivity index (χ3n) is 6.64. The summed E-state index contributed by atoms with van der Waals surface area (Å²) in [5.41, 5.74) is 8.04. The van der Waals surface area contributed by atoms with Gasteiger partial charge in [-0.3, -0.25) is 0 Å². The van der Waals surface area contributed by atoms with E-state index in [1.54, 1.807) is 6.33 Å². The number of H-pyrrole nitrogens is 1. The number of fused-ring (bicyclic) bond motifs is 1. The number of imidazole rings is 2. The number of aromatic amines is 1. The second kappa shape index (κ2) is 7.73. The van der Waals surface area contributed by atoms with Crippen molar-refractivity contribution in [3.8, 4) is 0 Å². The van der Waals surface area contributed by atoms with Gasteiger partial charge < -0.3 is 14.5 Å². The van der Waals surface area contributed by atoms with Crippen molar-refractivity contribution in [1.82, 2.24) is 29.5 Å². The van der Waals surface area contributed by atoms with Crippen LogP contribution in [0.3, 0.4) is 0 Å². The first-order chi connectivity index (χ1) is 15.3. The highest BCUT2D eigenvalue weighted by Gasteiger charge is 2.28. The van der Waals surface area contributed by atoms with Crippen LogP contribution in [0.4, 0.5) is 5.95 Å². The Morgan fingerprint density at radius 3 is 2.78 bits per heavy atom. The van der Waals surface area contributed by atoms with Gasteiger partial charge in [0, 0.05) is 44.4 Å². The standard InChI is InChI=1S/C25H31N7/c1-16-6-7-19(25(2,3)4)10-18(16)11-20-22-23(28-15-31(22)5)30-24(29-20)32-9-8-17(13-32)21-12-26-14-27-21/h6-7,10,12,14-15,17H,8-9,11,13H2,1-5H3,(H,26,27). The van der Waals surface area contributed by atoms with Gasteiger partial charge in [0.2, 0.25) is 5.95 Å². The van der Waals surface area contributed by atoms with Crippen LogP contribution in [0.15, 0.2) is 37.1 Å². The average Bonchev–Trinajstić information content (AvgIpc) is 3.49. The van der Waals surface area contributed by atoms with Gasteiger partial charge in [0.25, 0.3) is 0 Å². The Labute approximate surface area is 189 Å². The molecule has 1 unspecified atom stereocenters. The fourth-order valence-electron chi connectivity index (χ4n) is 4.58. The summed E-state index contributed by atoms with van der Waals surface area (Å²) in [6.45, 7) is 10.8. The molecule has 0 bridgehead atoms. The van der Waals surface area contributed by atoms with E-state index in [1.165, 1.54) is 22.4 Å². The van der Waals surface area contributed by atoms with Gasteiger partial charge in [-0.25, -0.2) is 15.0 Å². The summed E-state index contributed by atoms with van der Waals surface area (Å²) in [6, 6.07) is 6.81. The number of rotatable bonds is 4. The molecular weight excluding hydrogens is 398 g/mol. The molecule has 1 atom stereocenters. The second-order valence-corrected chi connectivity index (χ2v) is 10.0. The summed E-state index contributed by atoms with van der Waals surface area (Å²) in [5.74, 6) is 1.20. The molecule has 1 aliphatic heterocycles. The van der Waals surface area contributed by atoms with Crippen LogP contribution in [-0.2, 0) is 18.9 Å². The maximum absolute atomic E-state index is 5.09. The Bertz CT molecular complexity index is 1250. The highest BCUT2D eigenvalue weighted by atomic mass is 15.3. The second-order valence-electron chi connectivity index (χ2n) is 10.0.